The van der Waals surface area contributed by atoms with Gasteiger partial charge in [0.15, 0.2) is 5.84 Å². The number of hydrogen-bond donors (Lipinski definition) is 1. The summed E-state index contributed by atoms with van der Waals surface area (Å²) in [6.07, 6.45) is 0. The molecule has 0 bridgehead atoms. The monoisotopic (exact) mass is 674 g/mol. The molecule has 0 unspecified atom stereocenters. The highest BCUT2D eigenvalue weighted by Gasteiger charge is 2.52. The smallest absolute Gasteiger partial charge is 0.319 e. The third kappa shape index (κ3) is 5.91. The van der Waals surface area contributed by atoms with Crippen LogP contribution in [-0.4, -0.2) is 45.2 Å². The highest BCUT2D eigenvalue weighted by molar-refractivity contribution is 7.00. The van der Waals surface area contributed by atoms with Gasteiger partial charge in [-0.15, -0.1) is 0 Å². The van der Waals surface area contributed by atoms with E-state index in [0.717, 1.165) is 59.2 Å². The lowest BCUT2D eigenvalue weighted by molar-refractivity contribution is 0.355. The topological polar surface area (TPSA) is 40.1 Å². The van der Waals surface area contributed by atoms with Crippen LogP contribution in [0.3, 0.4) is 0 Å². The van der Waals surface area contributed by atoms with Crippen molar-refractivity contribution in [2.75, 3.05) is 31.2 Å². The third-order valence-electron chi connectivity index (χ3n) is 9.36. The average molecular weight is 675 g/mol. The van der Waals surface area contributed by atoms with E-state index in [2.05, 4.69) is 91.7 Å². The number of hydrazone groups is 1. The van der Waals surface area contributed by atoms with Gasteiger partial charge in [0, 0.05) is 42.3 Å². The molecule has 0 radical (unpaired) electrons. The fourth-order valence-corrected chi connectivity index (χ4v) is 11.7. The molecule has 1 fully saturated rings. The third-order valence-corrected chi connectivity index (χ3v) is 14.6. The summed E-state index contributed by atoms with van der Waals surface area (Å²) in [5.74, 6) is 0.990. The second-order valence-electron chi connectivity index (χ2n) is 13.4. The first-order chi connectivity index (χ1) is 23.3. The summed E-state index contributed by atoms with van der Waals surface area (Å²) >= 11 is 7.18. The molecule has 8 heteroatoms. The molecule has 2 heterocycles. The summed E-state index contributed by atoms with van der Waals surface area (Å²) in [5.41, 5.74) is 3.98. The van der Waals surface area contributed by atoms with Crippen LogP contribution < -0.4 is 25.1 Å². The number of benzene rings is 5. The van der Waals surface area contributed by atoms with Gasteiger partial charge in [-0.2, -0.15) is 5.10 Å². The van der Waals surface area contributed by atoms with Gasteiger partial charge in [0.05, 0.1) is 17.8 Å². The normalized spacial score (nSPS) is 15.1. The van der Waals surface area contributed by atoms with Crippen molar-refractivity contribution in [3.05, 3.63) is 143 Å². The number of anilines is 1. The Balaban J connectivity index is 1.39. The molecule has 48 heavy (non-hydrogen) atoms. The van der Waals surface area contributed by atoms with Crippen molar-refractivity contribution in [1.82, 2.24) is 10.2 Å². The molecule has 1 N–H and O–H groups in total. The van der Waals surface area contributed by atoms with E-state index in [1.165, 1.54) is 6.07 Å². The van der Waals surface area contributed by atoms with Gasteiger partial charge < -0.3 is 14.6 Å². The van der Waals surface area contributed by atoms with Crippen LogP contribution in [0.1, 0.15) is 31.9 Å². The number of nitrogens with zero attached hydrogens (tertiary/aromatic N) is 3. The zero-order valence-electron chi connectivity index (χ0n) is 27.6. The zero-order chi connectivity index (χ0) is 33.3. The van der Waals surface area contributed by atoms with Crippen molar-refractivity contribution >= 4 is 41.8 Å². The van der Waals surface area contributed by atoms with Gasteiger partial charge in [-0.3, -0.25) is 5.01 Å². The number of amidine groups is 1. The van der Waals surface area contributed by atoms with Crippen LogP contribution in [0, 0.1) is 5.82 Å². The Morgan fingerprint density at radius 2 is 1.38 bits per heavy atom. The predicted octanol–water partition coefficient (Wildman–Crippen LogP) is 7.67. The molecule has 5 aromatic rings. The molecule has 5 aromatic carbocycles. The van der Waals surface area contributed by atoms with Crippen LogP contribution in [0.4, 0.5) is 10.1 Å². The lowest BCUT2D eigenvalue weighted by Gasteiger charge is -2.43. The summed E-state index contributed by atoms with van der Waals surface area (Å²) in [7, 11) is -3.06. The first kappa shape index (κ1) is 32.1. The van der Waals surface area contributed by atoms with E-state index in [4.69, 9.17) is 21.1 Å². The van der Waals surface area contributed by atoms with Crippen LogP contribution in [0.15, 0.2) is 126 Å². The highest BCUT2D eigenvalue weighted by atomic mass is 35.5. The molecule has 2 aliphatic heterocycles. The van der Waals surface area contributed by atoms with Crippen molar-refractivity contribution in [2.45, 2.75) is 32.4 Å². The van der Waals surface area contributed by atoms with Gasteiger partial charge in [0.25, 0.3) is 0 Å². The number of piperazine rings is 1. The molecular weight excluding hydrogens is 635 g/mol. The maximum atomic E-state index is 16.4. The molecule has 0 atom stereocenters. The van der Waals surface area contributed by atoms with Gasteiger partial charge in [0.2, 0.25) is 0 Å². The number of fused-ring (bicyclic) bond motifs is 1. The van der Waals surface area contributed by atoms with E-state index >= 15 is 4.39 Å². The summed E-state index contributed by atoms with van der Waals surface area (Å²) in [4.78, 5) is 2.31. The molecule has 0 saturated carbocycles. The predicted molar refractivity (Wildman–Crippen MR) is 199 cm³/mol. The van der Waals surface area contributed by atoms with Crippen LogP contribution in [0.2, 0.25) is 10.1 Å². The molecule has 0 aromatic heterocycles. The minimum atomic E-state index is -3.06. The van der Waals surface area contributed by atoms with Crippen molar-refractivity contribution in [3.63, 3.8) is 0 Å². The average Bonchev–Trinajstić information content (AvgIpc) is 3.11. The van der Waals surface area contributed by atoms with Gasteiger partial charge in [-0.25, -0.2) is 4.39 Å². The Morgan fingerprint density at radius 1 is 0.771 bits per heavy atom. The van der Waals surface area contributed by atoms with Crippen LogP contribution in [0.5, 0.6) is 5.75 Å². The Hall–Kier alpha value is -4.43. The second kappa shape index (κ2) is 13.2. The van der Waals surface area contributed by atoms with E-state index in [-0.39, 0.29) is 10.9 Å². The fraction of sp³-hybridized carbons (Fsp3) is 0.225. The summed E-state index contributed by atoms with van der Waals surface area (Å²) in [5, 5.41) is 13.0. The molecule has 0 aliphatic carbocycles. The number of para-hydroxylation sites is 1. The Labute approximate surface area is 288 Å². The van der Waals surface area contributed by atoms with Crippen LogP contribution >= 0.6 is 11.6 Å². The van der Waals surface area contributed by atoms with Gasteiger partial charge in [0.1, 0.15) is 11.6 Å². The van der Waals surface area contributed by atoms with Crippen molar-refractivity contribution in [3.8, 4) is 16.9 Å². The molecule has 1 saturated heterocycles. The van der Waals surface area contributed by atoms with Crippen LogP contribution in [-0.2, 0) is 6.54 Å². The van der Waals surface area contributed by atoms with Crippen molar-refractivity contribution in [1.29, 1.82) is 0 Å². The van der Waals surface area contributed by atoms with Crippen molar-refractivity contribution in [2.24, 2.45) is 5.10 Å². The lowest BCUT2D eigenvalue weighted by Crippen LogP contribution is -2.68. The first-order valence-electron chi connectivity index (χ1n) is 16.5. The largest absolute Gasteiger partial charge is 0.533 e. The summed E-state index contributed by atoms with van der Waals surface area (Å²) in [6.45, 7) is 10.6. The van der Waals surface area contributed by atoms with Gasteiger partial charge >= 0.3 is 8.32 Å². The maximum Gasteiger partial charge on any atom is 0.319 e. The second-order valence-corrected chi connectivity index (χ2v) is 18.0. The molecule has 244 valence electrons. The van der Waals surface area contributed by atoms with E-state index in [9.17, 15) is 0 Å². The molecule has 2 aliphatic rings. The zero-order valence-corrected chi connectivity index (χ0v) is 29.3. The van der Waals surface area contributed by atoms with E-state index in [1.54, 1.807) is 6.07 Å². The maximum absolute atomic E-state index is 16.4. The lowest BCUT2D eigenvalue weighted by atomic mass is 9.95. The summed E-state index contributed by atoms with van der Waals surface area (Å²) in [6, 6.07) is 40.1. The first-order valence-corrected chi connectivity index (χ1v) is 18.8. The SMILES string of the molecule is CC(C)(C)[Si](Oc1cccc(F)c1-c1cc2c(cc1Cl)C(N1CCNCC1)=NN(c1ccccc1)C2)(c1ccccc1)c1ccccc1. The molecule has 0 spiro atoms. The Morgan fingerprint density at radius 3 is 1.98 bits per heavy atom. The minimum Gasteiger partial charge on any atom is -0.533 e. The Bertz CT molecular complexity index is 1890. The molecule has 0 amide bonds. The quantitative estimate of drug-likeness (QED) is 0.188. The molecular formula is C40H40ClFN4OSi. The molecule has 7 rings (SSSR count). The minimum absolute atomic E-state index is 0.302. The Kier molecular flexibility index (Phi) is 8.85. The number of halogens is 2. The number of nitrogens with one attached hydrogen (secondary N) is 1. The molecule has 5 nitrogen and oxygen atoms in total. The van der Waals surface area contributed by atoms with Gasteiger partial charge in [-0.05, 0) is 57.4 Å². The summed E-state index contributed by atoms with van der Waals surface area (Å²) < 4.78 is 23.8. The highest BCUT2D eigenvalue weighted by Crippen LogP contribution is 2.44. The van der Waals surface area contributed by atoms with Crippen molar-refractivity contribution < 1.29 is 8.82 Å². The van der Waals surface area contributed by atoms with Gasteiger partial charge in [-0.1, -0.05) is 117 Å². The standard InChI is InChI=1S/C40H40ClFN4OSi/c1-40(2,3)48(31-16-9-5-10-17-31,32-18-11-6-12-19-32)47-37-21-13-20-36(42)38(37)34-26-29-28-46(30-14-7-4-8-15-30)44-39(33(29)27-35(34)41)45-24-22-43-23-25-45/h4-21,26-27,43H,22-25,28H2,1-3H3. The fourth-order valence-electron chi connectivity index (χ4n) is 7.04. The number of hydrogen-bond acceptors (Lipinski definition) is 5. The van der Waals surface area contributed by atoms with Crippen LogP contribution in [0.25, 0.3) is 11.1 Å². The van der Waals surface area contributed by atoms with E-state index < -0.39 is 8.32 Å². The number of rotatable bonds is 6. The van der Waals surface area contributed by atoms with E-state index in [0.29, 0.717) is 28.4 Å². The van der Waals surface area contributed by atoms with E-state index in [1.807, 2.05) is 53.5 Å².